The molecule has 5 heteroatoms. The van der Waals surface area contributed by atoms with Gasteiger partial charge in [0.1, 0.15) is 0 Å². The number of hydrogen-bond donors (Lipinski definition) is 1. The molecule has 0 amide bonds. The second kappa shape index (κ2) is 6.96. The lowest BCUT2D eigenvalue weighted by Gasteiger charge is -2.05. The molecule has 0 saturated heterocycles. The Hall–Kier alpha value is -1.62. The van der Waals surface area contributed by atoms with Crippen LogP contribution in [0.4, 0.5) is 0 Å². The van der Waals surface area contributed by atoms with Crippen molar-refractivity contribution in [1.82, 2.24) is 0 Å². The molecule has 0 aliphatic rings. The van der Waals surface area contributed by atoms with E-state index in [1.165, 1.54) is 6.08 Å². The Morgan fingerprint density at radius 3 is 2.61 bits per heavy atom. The molecule has 0 fully saturated rings. The molecule has 18 heavy (non-hydrogen) atoms. The van der Waals surface area contributed by atoms with Crippen molar-refractivity contribution in [2.24, 2.45) is 0 Å². The third-order valence-corrected chi connectivity index (χ3v) is 2.84. The molecule has 96 valence electrons. The van der Waals surface area contributed by atoms with Gasteiger partial charge in [0.2, 0.25) is 0 Å². The molecular weight excluding hydrogens is 300 g/mol. The molecule has 0 bridgehead atoms. The molecule has 0 radical (unpaired) electrons. The predicted octanol–water partition coefficient (Wildman–Crippen LogP) is 2.87. The fourth-order valence-electron chi connectivity index (χ4n) is 1.35. The van der Waals surface area contributed by atoms with Gasteiger partial charge in [-0.25, -0.2) is 4.79 Å². The second-order valence-electron chi connectivity index (χ2n) is 3.48. The van der Waals surface area contributed by atoms with E-state index >= 15 is 0 Å². The minimum Gasteiger partial charge on any atom is -0.481 e. The number of carboxylic acids is 1. The van der Waals surface area contributed by atoms with E-state index in [-0.39, 0.29) is 18.6 Å². The number of rotatable bonds is 5. The first-order chi connectivity index (χ1) is 8.54. The zero-order valence-electron chi connectivity index (χ0n) is 9.85. The van der Waals surface area contributed by atoms with E-state index < -0.39 is 11.9 Å². The summed E-state index contributed by atoms with van der Waals surface area (Å²) in [5.74, 6) is -1.67. The van der Waals surface area contributed by atoms with Gasteiger partial charge in [-0.2, -0.15) is 0 Å². The van der Waals surface area contributed by atoms with Crippen molar-refractivity contribution in [3.8, 4) is 0 Å². The summed E-state index contributed by atoms with van der Waals surface area (Å²) >= 11 is 3.33. The van der Waals surface area contributed by atoms with Gasteiger partial charge in [0.15, 0.2) is 0 Å². The molecule has 0 aliphatic heterocycles. The maximum absolute atomic E-state index is 11.6. The summed E-state index contributed by atoms with van der Waals surface area (Å²) in [5.41, 5.74) is 0.859. The van der Waals surface area contributed by atoms with Crippen LogP contribution in [-0.2, 0) is 14.3 Å². The Morgan fingerprint density at radius 2 is 2.06 bits per heavy atom. The standard InChI is InChI=1S/C13H13BrO4/c1-2-18-13(17)10(8-12(15)16)7-9-5-3-4-6-11(9)14/h3-7H,2,8H2,1H3,(H,15,16). The highest BCUT2D eigenvalue weighted by atomic mass is 79.9. The zero-order valence-corrected chi connectivity index (χ0v) is 11.4. The van der Waals surface area contributed by atoms with E-state index in [0.717, 1.165) is 10.0 Å². The Kier molecular flexibility index (Phi) is 5.58. The van der Waals surface area contributed by atoms with Crippen LogP contribution in [-0.4, -0.2) is 23.7 Å². The molecule has 1 N–H and O–H groups in total. The molecule has 0 aromatic heterocycles. The number of ether oxygens (including phenoxy) is 1. The van der Waals surface area contributed by atoms with Crippen molar-refractivity contribution in [3.05, 3.63) is 39.9 Å². The lowest BCUT2D eigenvalue weighted by molar-refractivity contribution is -0.142. The molecule has 0 saturated carbocycles. The van der Waals surface area contributed by atoms with E-state index in [1.807, 2.05) is 12.1 Å². The highest BCUT2D eigenvalue weighted by Crippen LogP contribution is 2.20. The average Bonchev–Trinajstić information content (AvgIpc) is 2.31. The van der Waals surface area contributed by atoms with Crippen molar-refractivity contribution in [2.75, 3.05) is 6.61 Å². The van der Waals surface area contributed by atoms with Gasteiger partial charge in [-0.3, -0.25) is 4.79 Å². The normalized spacial score (nSPS) is 11.1. The predicted molar refractivity (Wildman–Crippen MR) is 71.0 cm³/mol. The lowest BCUT2D eigenvalue weighted by atomic mass is 10.1. The fourth-order valence-corrected chi connectivity index (χ4v) is 1.75. The summed E-state index contributed by atoms with van der Waals surface area (Å²) in [4.78, 5) is 22.4. The number of aliphatic carboxylic acids is 1. The van der Waals surface area contributed by atoms with Gasteiger partial charge in [0.05, 0.1) is 13.0 Å². The molecule has 1 rings (SSSR count). The van der Waals surface area contributed by atoms with Crippen LogP contribution in [0.3, 0.4) is 0 Å². The van der Waals surface area contributed by atoms with Crippen molar-refractivity contribution in [2.45, 2.75) is 13.3 Å². The average molecular weight is 313 g/mol. The monoisotopic (exact) mass is 312 g/mol. The summed E-state index contributed by atoms with van der Waals surface area (Å²) in [5, 5.41) is 8.79. The molecule has 0 spiro atoms. The van der Waals surface area contributed by atoms with Crippen LogP contribution in [0.5, 0.6) is 0 Å². The molecule has 0 atom stereocenters. The van der Waals surface area contributed by atoms with Gasteiger partial charge < -0.3 is 9.84 Å². The number of carbonyl (C=O) groups is 2. The summed E-state index contributed by atoms with van der Waals surface area (Å²) in [7, 11) is 0. The van der Waals surface area contributed by atoms with Crippen LogP contribution in [0.25, 0.3) is 6.08 Å². The van der Waals surface area contributed by atoms with Crippen molar-refractivity contribution in [3.63, 3.8) is 0 Å². The number of halogens is 1. The minimum atomic E-state index is -1.07. The number of carboxylic acid groups (broad SMARTS) is 1. The topological polar surface area (TPSA) is 63.6 Å². The van der Waals surface area contributed by atoms with Crippen LogP contribution < -0.4 is 0 Å². The third-order valence-electron chi connectivity index (χ3n) is 2.11. The van der Waals surface area contributed by atoms with Crippen molar-refractivity contribution < 1.29 is 19.4 Å². The fraction of sp³-hybridized carbons (Fsp3) is 0.231. The van der Waals surface area contributed by atoms with Crippen LogP contribution in [0, 0.1) is 0 Å². The smallest absolute Gasteiger partial charge is 0.334 e. The zero-order chi connectivity index (χ0) is 13.5. The minimum absolute atomic E-state index is 0.122. The van der Waals surface area contributed by atoms with Crippen LogP contribution in [0.2, 0.25) is 0 Å². The van der Waals surface area contributed by atoms with Gasteiger partial charge in [0, 0.05) is 10.0 Å². The molecular formula is C13H13BrO4. The Morgan fingerprint density at radius 1 is 1.39 bits per heavy atom. The molecule has 1 aromatic rings. The molecule has 1 aromatic carbocycles. The largest absolute Gasteiger partial charge is 0.481 e. The van der Waals surface area contributed by atoms with Gasteiger partial charge in [0.25, 0.3) is 0 Å². The Balaban J connectivity index is 3.06. The number of carbonyl (C=O) groups excluding carboxylic acids is 1. The number of hydrogen-bond acceptors (Lipinski definition) is 3. The second-order valence-corrected chi connectivity index (χ2v) is 4.34. The first kappa shape index (κ1) is 14.4. The van der Waals surface area contributed by atoms with Crippen LogP contribution in [0.1, 0.15) is 18.9 Å². The quantitative estimate of drug-likeness (QED) is 0.670. The summed E-state index contributed by atoms with van der Waals surface area (Å²) in [6, 6.07) is 7.24. The Bertz CT molecular complexity index is 480. The summed E-state index contributed by atoms with van der Waals surface area (Å²) in [6.07, 6.45) is 1.16. The maximum atomic E-state index is 11.6. The van der Waals surface area contributed by atoms with E-state index in [1.54, 1.807) is 19.1 Å². The highest BCUT2D eigenvalue weighted by molar-refractivity contribution is 9.10. The molecule has 0 aliphatic carbocycles. The van der Waals surface area contributed by atoms with Gasteiger partial charge in [-0.1, -0.05) is 34.1 Å². The lowest BCUT2D eigenvalue weighted by Crippen LogP contribution is -2.11. The van der Waals surface area contributed by atoms with Crippen LogP contribution >= 0.6 is 15.9 Å². The van der Waals surface area contributed by atoms with E-state index in [2.05, 4.69) is 15.9 Å². The Labute approximate surface area is 113 Å². The highest BCUT2D eigenvalue weighted by Gasteiger charge is 2.14. The molecule has 0 unspecified atom stereocenters. The molecule has 4 nitrogen and oxygen atoms in total. The van der Waals surface area contributed by atoms with Gasteiger partial charge in [-0.05, 0) is 24.6 Å². The number of benzene rings is 1. The van der Waals surface area contributed by atoms with E-state index in [0.29, 0.717) is 0 Å². The SMILES string of the molecule is CCOC(=O)C(=Cc1ccccc1Br)CC(=O)O. The summed E-state index contributed by atoms with van der Waals surface area (Å²) < 4.78 is 5.62. The first-order valence-corrected chi connectivity index (χ1v) is 6.18. The van der Waals surface area contributed by atoms with Crippen LogP contribution in [0.15, 0.2) is 34.3 Å². The van der Waals surface area contributed by atoms with Gasteiger partial charge in [-0.15, -0.1) is 0 Å². The van der Waals surface area contributed by atoms with Crippen molar-refractivity contribution >= 4 is 33.9 Å². The first-order valence-electron chi connectivity index (χ1n) is 5.38. The van der Waals surface area contributed by atoms with Gasteiger partial charge >= 0.3 is 11.9 Å². The third kappa shape index (κ3) is 4.33. The molecule has 0 heterocycles. The number of esters is 1. The van der Waals surface area contributed by atoms with Crippen molar-refractivity contribution in [1.29, 1.82) is 0 Å². The summed E-state index contributed by atoms with van der Waals surface area (Å²) in [6.45, 7) is 1.89. The van der Waals surface area contributed by atoms with E-state index in [9.17, 15) is 9.59 Å². The maximum Gasteiger partial charge on any atom is 0.334 e. The van der Waals surface area contributed by atoms with E-state index in [4.69, 9.17) is 9.84 Å².